The number of primary amides is 1. The van der Waals surface area contributed by atoms with Gasteiger partial charge in [-0.15, -0.1) is 11.8 Å². The Morgan fingerprint density at radius 1 is 1.33 bits per heavy atom. The maximum absolute atomic E-state index is 10.5. The summed E-state index contributed by atoms with van der Waals surface area (Å²) < 4.78 is 0. The molecule has 2 nitrogen and oxygen atoms in total. The van der Waals surface area contributed by atoms with E-state index >= 15 is 0 Å². The second-order valence-electron chi connectivity index (χ2n) is 3.79. The van der Waals surface area contributed by atoms with Gasteiger partial charge in [0.15, 0.2) is 0 Å². The largest absolute Gasteiger partial charge is 0.370 e. The first-order valence-electron chi connectivity index (χ1n) is 5.10. The van der Waals surface area contributed by atoms with Crippen molar-refractivity contribution in [3.8, 4) is 0 Å². The van der Waals surface area contributed by atoms with E-state index in [2.05, 4.69) is 38.1 Å². The van der Waals surface area contributed by atoms with Crippen LogP contribution in [0.3, 0.4) is 0 Å². The molecule has 0 radical (unpaired) electrons. The quantitative estimate of drug-likeness (QED) is 0.780. The highest BCUT2D eigenvalue weighted by Gasteiger charge is 2.00. The van der Waals surface area contributed by atoms with E-state index in [1.807, 2.05) is 0 Å². The molecule has 0 spiro atoms. The van der Waals surface area contributed by atoms with Gasteiger partial charge in [-0.2, -0.15) is 0 Å². The number of benzene rings is 1. The van der Waals surface area contributed by atoms with Gasteiger partial charge in [-0.25, -0.2) is 0 Å². The number of thioether (sulfide) groups is 1. The topological polar surface area (TPSA) is 43.1 Å². The lowest BCUT2D eigenvalue weighted by Gasteiger charge is -2.06. The van der Waals surface area contributed by atoms with Gasteiger partial charge in [0.25, 0.3) is 0 Å². The normalized spacial score (nSPS) is 10.6. The van der Waals surface area contributed by atoms with Crippen LogP contribution in [0.15, 0.2) is 29.2 Å². The molecule has 0 aliphatic heterocycles. The molecule has 0 bridgehead atoms. The highest BCUT2D eigenvalue weighted by atomic mass is 32.2. The van der Waals surface area contributed by atoms with Crippen LogP contribution in [-0.2, 0) is 4.79 Å². The highest BCUT2D eigenvalue weighted by molar-refractivity contribution is 7.99. The zero-order chi connectivity index (χ0) is 11.3. The lowest BCUT2D eigenvalue weighted by atomic mass is 10.0. The van der Waals surface area contributed by atoms with E-state index in [-0.39, 0.29) is 5.91 Å². The molecule has 0 aliphatic carbocycles. The highest BCUT2D eigenvalue weighted by Crippen LogP contribution is 2.22. The van der Waals surface area contributed by atoms with Crippen molar-refractivity contribution in [1.82, 2.24) is 0 Å². The molecule has 0 saturated carbocycles. The number of amides is 1. The van der Waals surface area contributed by atoms with Crippen molar-refractivity contribution >= 4 is 17.7 Å². The summed E-state index contributed by atoms with van der Waals surface area (Å²) in [6, 6.07) is 8.47. The standard InChI is InChI=1S/C12H17NOS/c1-9(2)10-3-5-11(6-4-10)15-8-7-12(13)14/h3-6,9H,7-8H2,1-2H3,(H2,13,14). The van der Waals surface area contributed by atoms with Gasteiger partial charge in [0, 0.05) is 17.1 Å². The smallest absolute Gasteiger partial charge is 0.218 e. The van der Waals surface area contributed by atoms with Gasteiger partial charge in [-0.05, 0) is 23.6 Å². The summed E-state index contributed by atoms with van der Waals surface area (Å²) >= 11 is 1.67. The molecule has 1 rings (SSSR count). The van der Waals surface area contributed by atoms with Crippen molar-refractivity contribution < 1.29 is 4.79 Å². The molecule has 3 heteroatoms. The first kappa shape index (κ1) is 12.1. The minimum absolute atomic E-state index is 0.235. The molecular formula is C12H17NOS. The first-order valence-corrected chi connectivity index (χ1v) is 6.09. The van der Waals surface area contributed by atoms with E-state index in [9.17, 15) is 4.79 Å². The van der Waals surface area contributed by atoms with E-state index in [1.165, 1.54) is 10.5 Å². The van der Waals surface area contributed by atoms with Crippen LogP contribution >= 0.6 is 11.8 Å². The number of nitrogens with two attached hydrogens (primary N) is 1. The fourth-order valence-corrected chi connectivity index (χ4v) is 2.09. The van der Waals surface area contributed by atoms with Crippen LogP contribution in [0, 0.1) is 0 Å². The molecule has 0 heterocycles. The molecule has 2 N–H and O–H groups in total. The molecule has 0 aromatic heterocycles. The van der Waals surface area contributed by atoms with Gasteiger partial charge < -0.3 is 5.73 Å². The van der Waals surface area contributed by atoms with E-state index in [0.29, 0.717) is 12.3 Å². The minimum atomic E-state index is -0.235. The minimum Gasteiger partial charge on any atom is -0.370 e. The maximum Gasteiger partial charge on any atom is 0.218 e. The van der Waals surface area contributed by atoms with Crippen molar-refractivity contribution in [3.05, 3.63) is 29.8 Å². The van der Waals surface area contributed by atoms with Crippen LogP contribution < -0.4 is 5.73 Å². The van der Waals surface area contributed by atoms with Gasteiger partial charge in [-0.3, -0.25) is 4.79 Å². The van der Waals surface area contributed by atoms with Crippen molar-refractivity contribution in [2.75, 3.05) is 5.75 Å². The lowest BCUT2D eigenvalue weighted by molar-refractivity contribution is -0.117. The average molecular weight is 223 g/mol. The van der Waals surface area contributed by atoms with Gasteiger partial charge in [0.2, 0.25) is 5.91 Å². The van der Waals surface area contributed by atoms with Gasteiger partial charge in [0.05, 0.1) is 0 Å². The fraction of sp³-hybridized carbons (Fsp3) is 0.417. The number of carbonyl (C=O) groups is 1. The molecular weight excluding hydrogens is 206 g/mol. The van der Waals surface area contributed by atoms with Crippen molar-refractivity contribution in [3.63, 3.8) is 0 Å². The first-order chi connectivity index (χ1) is 7.09. The Balaban J connectivity index is 2.46. The Morgan fingerprint density at radius 3 is 2.40 bits per heavy atom. The molecule has 82 valence electrons. The summed E-state index contributed by atoms with van der Waals surface area (Å²) in [5.74, 6) is 1.09. The summed E-state index contributed by atoms with van der Waals surface area (Å²) in [5, 5.41) is 0. The monoisotopic (exact) mass is 223 g/mol. The van der Waals surface area contributed by atoms with Crippen LogP contribution in [-0.4, -0.2) is 11.7 Å². The van der Waals surface area contributed by atoms with Gasteiger partial charge >= 0.3 is 0 Å². The van der Waals surface area contributed by atoms with Crippen LogP contribution in [0.5, 0.6) is 0 Å². The Labute approximate surface area is 95.2 Å². The number of carbonyl (C=O) groups excluding carboxylic acids is 1. The summed E-state index contributed by atoms with van der Waals surface area (Å²) in [6.45, 7) is 4.35. The number of hydrogen-bond donors (Lipinski definition) is 1. The maximum atomic E-state index is 10.5. The molecule has 15 heavy (non-hydrogen) atoms. The van der Waals surface area contributed by atoms with E-state index < -0.39 is 0 Å². The third-order valence-electron chi connectivity index (χ3n) is 2.16. The average Bonchev–Trinajstić information content (AvgIpc) is 2.18. The van der Waals surface area contributed by atoms with Crippen molar-refractivity contribution in [2.24, 2.45) is 5.73 Å². The lowest BCUT2D eigenvalue weighted by Crippen LogP contribution is -2.10. The summed E-state index contributed by atoms with van der Waals surface area (Å²) in [7, 11) is 0. The summed E-state index contributed by atoms with van der Waals surface area (Å²) in [6.07, 6.45) is 0.441. The number of hydrogen-bond acceptors (Lipinski definition) is 2. The van der Waals surface area contributed by atoms with Crippen molar-refractivity contribution in [2.45, 2.75) is 31.1 Å². The zero-order valence-electron chi connectivity index (χ0n) is 9.19. The second kappa shape index (κ2) is 5.81. The van der Waals surface area contributed by atoms with Gasteiger partial charge in [0.1, 0.15) is 0 Å². The Kier molecular flexibility index (Phi) is 4.69. The zero-order valence-corrected chi connectivity index (χ0v) is 10.0. The van der Waals surface area contributed by atoms with Gasteiger partial charge in [-0.1, -0.05) is 26.0 Å². The third-order valence-corrected chi connectivity index (χ3v) is 3.18. The van der Waals surface area contributed by atoms with Crippen LogP contribution in [0.2, 0.25) is 0 Å². The molecule has 0 saturated heterocycles. The molecule has 0 atom stereocenters. The SMILES string of the molecule is CC(C)c1ccc(SCCC(N)=O)cc1. The van der Waals surface area contributed by atoms with Crippen LogP contribution in [0.25, 0.3) is 0 Å². The Bertz CT molecular complexity index is 319. The Morgan fingerprint density at radius 2 is 1.93 bits per heavy atom. The predicted octanol–water partition coefficient (Wildman–Crippen LogP) is 2.78. The predicted molar refractivity (Wildman–Crippen MR) is 65.1 cm³/mol. The molecule has 0 unspecified atom stereocenters. The van der Waals surface area contributed by atoms with Crippen molar-refractivity contribution in [1.29, 1.82) is 0 Å². The molecule has 0 fully saturated rings. The van der Waals surface area contributed by atoms with E-state index in [0.717, 1.165) is 5.75 Å². The van der Waals surface area contributed by atoms with Crippen LogP contribution in [0.1, 0.15) is 31.7 Å². The third kappa shape index (κ3) is 4.38. The molecule has 1 aromatic rings. The fourth-order valence-electron chi connectivity index (χ4n) is 1.22. The molecule has 1 amide bonds. The second-order valence-corrected chi connectivity index (χ2v) is 4.96. The number of rotatable bonds is 5. The molecule has 0 aliphatic rings. The van der Waals surface area contributed by atoms with Crippen LogP contribution in [0.4, 0.5) is 0 Å². The molecule has 1 aromatic carbocycles. The van der Waals surface area contributed by atoms with E-state index in [4.69, 9.17) is 5.73 Å². The Hall–Kier alpha value is -0.960. The summed E-state index contributed by atoms with van der Waals surface area (Å²) in [4.78, 5) is 11.7. The summed E-state index contributed by atoms with van der Waals surface area (Å²) in [5.41, 5.74) is 6.41. The van der Waals surface area contributed by atoms with E-state index in [1.54, 1.807) is 11.8 Å².